The van der Waals surface area contributed by atoms with Gasteiger partial charge in [0.15, 0.2) is 5.78 Å². The van der Waals surface area contributed by atoms with Crippen molar-refractivity contribution in [2.45, 2.75) is 9.79 Å². The summed E-state index contributed by atoms with van der Waals surface area (Å²) in [5.74, 6) is -1.90. The van der Waals surface area contributed by atoms with E-state index in [0.29, 0.717) is 15.6 Å². The minimum absolute atomic E-state index is 0.0567. The Morgan fingerprint density at radius 3 is 1.72 bits per heavy atom. The lowest BCUT2D eigenvalue weighted by Crippen LogP contribution is -2.12. The van der Waals surface area contributed by atoms with Crippen LogP contribution in [-0.2, 0) is 9.84 Å². The summed E-state index contributed by atoms with van der Waals surface area (Å²) in [6.45, 7) is 0. The summed E-state index contributed by atoms with van der Waals surface area (Å²) in [5, 5.41) is 10.7. The van der Waals surface area contributed by atoms with E-state index < -0.39 is 32.0 Å². The number of nitrogens with zero attached hydrogens (tertiary/aromatic N) is 1. The maximum Gasteiger partial charge on any atom is 0.337 e. The van der Waals surface area contributed by atoms with Crippen molar-refractivity contribution in [1.29, 1.82) is 0 Å². The Kier molecular flexibility index (Phi) is 7.17. The first-order valence-electron chi connectivity index (χ1n) is 10.6. The van der Waals surface area contributed by atoms with Gasteiger partial charge < -0.3 is 10.0 Å². The fraction of sp³-hybridized carbons (Fsp3) is 0.0370. The lowest BCUT2D eigenvalue weighted by Gasteiger charge is -2.19. The fourth-order valence-electron chi connectivity index (χ4n) is 3.63. The first-order chi connectivity index (χ1) is 17.1. The van der Waals surface area contributed by atoms with E-state index in [1.54, 1.807) is 36.4 Å². The molecule has 0 atom stereocenters. The van der Waals surface area contributed by atoms with Crippen molar-refractivity contribution in [2.24, 2.45) is 0 Å². The van der Waals surface area contributed by atoms with Crippen LogP contribution >= 0.6 is 23.2 Å². The van der Waals surface area contributed by atoms with Gasteiger partial charge in [0.1, 0.15) is 0 Å². The number of aromatic carboxylic acids is 1. The van der Waals surface area contributed by atoms with Crippen molar-refractivity contribution in [2.75, 3.05) is 11.9 Å². The Morgan fingerprint density at radius 2 is 1.19 bits per heavy atom. The molecule has 4 rings (SSSR count). The van der Waals surface area contributed by atoms with Gasteiger partial charge in [0.25, 0.3) is 0 Å². The number of benzene rings is 4. The zero-order valence-corrected chi connectivity index (χ0v) is 21.2. The number of carbonyl (C=O) groups is 2. The van der Waals surface area contributed by atoms with E-state index in [2.05, 4.69) is 0 Å². The number of sulfone groups is 1. The summed E-state index contributed by atoms with van der Waals surface area (Å²) < 4.78 is 26.1. The van der Waals surface area contributed by atoms with Crippen LogP contribution in [-0.4, -0.2) is 32.3 Å². The van der Waals surface area contributed by atoms with E-state index in [-0.39, 0.29) is 10.5 Å². The number of carboxylic acid groups (broad SMARTS) is 1. The van der Waals surface area contributed by atoms with Crippen molar-refractivity contribution in [3.8, 4) is 0 Å². The molecule has 0 amide bonds. The molecule has 6 nitrogen and oxygen atoms in total. The molecule has 0 radical (unpaired) electrons. The number of rotatable bonds is 7. The Balaban J connectivity index is 1.64. The molecule has 0 fully saturated rings. The number of anilines is 2. The monoisotopic (exact) mass is 539 g/mol. The van der Waals surface area contributed by atoms with Gasteiger partial charge in [-0.05, 0) is 91.0 Å². The summed E-state index contributed by atoms with van der Waals surface area (Å²) in [6, 6.07) is 23.0. The Morgan fingerprint density at radius 1 is 0.722 bits per heavy atom. The number of hydrogen-bond donors (Lipinski definition) is 1. The highest BCUT2D eigenvalue weighted by molar-refractivity contribution is 7.91. The second-order valence-corrected chi connectivity index (χ2v) is 10.7. The molecule has 0 unspecified atom stereocenters. The Hall–Kier alpha value is -3.65. The molecule has 0 bridgehead atoms. The molecule has 0 saturated heterocycles. The predicted octanol–water partition coefficient (Wildman–Crippen LogP) is 6.52. The summed E-state index contributed by atoms with van der Waals surface area (Å²) in [5.41, 5.74) is 1.62. The molecule has 1 N–H and O–H groups in total. The van der Waals surface area contributed by atoms with Gasteiger partial charge in [-0.3, -0.25) is 4.79 Å². The van der Waals surface area contributed by atoms with E-state index in [4.69, 9.17) is 23.2 Å². The molecule has 0 aliphatic carbocycles. The van der Waals surface area contributed by atoms with Crippen LogP contribution in [0.5, 0.6) is 0 Å². The lowest BCUT2D eigenvalue weighted by atomic mass is 10.0. The van der Waals surface area contributed by atoms with Gasteiger partial charge in [0, 0.05) is 39.6 Å². The maximum atomic E-state index is 13.1. The van der Waals surface area contributed by atoms with E-state index >= 15 is 0 Å². The molecule has 0 spiro atoms. The van der Waals surface area contributed by atoms with Crippen LogP contribution in [0.2, 0.25) is 10.0 Å². The fourth-order valence-corrected chi connectivity index (χ4v) is 5.31. The molecule has 0 heterocycles. The number of carbonyl (C=O) groups excluding carboxylic acids is 1. The summed E-state index contributed by atoms with van der Waals surface area (Å²) in [7, 11) is -2.27. The predicted molar refractivity (Wildman–Crippen MR) is 140 cm³/mol. The highest BCUT2D eigenvalue weighted by Crippen LogP contribution is 2.28. The third kappa shape index (κ3) is 5.14. The number of halogens is 2. The zero-order valence-electron chi connectivity index (χ0n) is 18.9. The normalized spacial score (nSPS) is 11.2. The molecule has 36 heavy (non-hydrogen) atoms. The van der Waals surface area contributed by atoms with E-state index in [1.807, 2.05) is 24.1 Å². The molecule has 4 aromatic carbocycles. The van der Waals surface area contributed by atoms with Crippen LogP contribution in [0.3, 0.4) is 0 Å². The van der Waals surface area contributed by atoms with E-state index in [0.717, 1.165) is 23.5 Å². The van der Waals surface area contributed by atoms with Crippen LogP contribution in [0.15, 0.2) is 101 Å². The van der Waals surface area contributed by atoms with Crippen molar-refractivity contribution in [1.82, 2.24) is 0 Å². The second kappa shape index (κ2) is 10.1. The highest BCUT2D eigenvalue weighted by Gasteiger charge is 2.26. The van der Waals surface area contributed by atoms with Crippen LogP contribution in [0, 0.1) is 0 Å². The van der Waals surface area contributed by atoms with Gasteiger partial charge in [-0.2, -0.15) is 0 Å². The molecule has 0 aliphatic rings. The van der Waals surface area contributed by atoms with Gasteiger partial charge >= 0.3 is 5.97 Å². The first kappa shape index (κ1) is 25.4. The number of ketones is 1. The molecule has 0 aromatic heterocycles. The summed E-state index contributed by atoms with van der Waals surface area (Å²) in [6.07, 6.45) is 0. The van der Waals surface area contributed by atoms with Crippen molar-refractivity contribution in [3.63, 3.8) is 0 Å². The Labute approximate surface area is 218 Å². The summed E-state index contributed by atoms with van der Waals surface area (Å²) in [4.78, 5) is 26.4. The van der Waals surface area contributed by atoms with Crippen LogP contribution in [0.4, 0.5) is 11.4 Å². The maximum absolute atomic E-state index is 13.1. The quantitative estimate of drug-likeness (QED) is 0.268. The van der Waals surface area contributed by atoms with Crippen molar-refractivity contribution < 1.29 is 23.1 Å². The topological polar surface area (TPSA) is 91.8 Å². The van der Waals surface area contributed by atoms with Gasteiger partial charge in [-0.15, -0.1) is 0 Å². The van der Waals surface area contributed by atoms with Gasteiger partial charge in [0.05, 0.1) is 15.4 Å². The molecule has 0 aliphatic heterocycles. The second-order valence-electron chi connectivity index (χ2n) is 7.88. The molecule has 182 valence electrons. The minimum atomic E-state index is -4.15. The van der Waals surface area contributed by atoms with E-state index in [1.165, 1.54) is 30.3 Å². The van der Waals surface area contributed by atoms with Gasteiger partial charge in [-0.25, -0.2) is 13.2 Å². The smallest absolute Gasteiger partial charge is 0.337 e. The van der Waals surface area contributed by atoms with Crippen LogP contribution in [0.1, 0.15) is 26.3 Å². The SMILES string of the molecule is CN(c1ccc(Cl)cc1)c1ccc(C(=O)c2ccc(S(=O)(=O)c3ccc(Cl)cc3)c(C(=O)O)c2)cc1. The molecule has 0 saturated carbocycles. The highest BCUT2D eigenvalue weighted by atomic mass is 35.5. The average molecular weight is 540 g/mol. The standard InChI is InChI=1S/C27H19Cl2NO5S/c1-30(22-11-5-19(28)6-12-22)21-9-2-17(3-10-21)26(31)18-4-15-25(24(16-18)27(32)33)36(34,35)23-13-7-20(29)8-14-23/h2-16H,1H3,(H,32,33). The van der Waals surface area contributed by atoms with Crippen LogP contribution in [0.25, 0.3) is 0 Å². The third-order valence-electron chi connectivity index (χ3n) is 5.62. The molecule has 9 heteroatoms. The molecule has 4 aromatic rings. The largest absolute Gasteiger partial charge is 0.478 e. The van der Waals surface area contributed by atoms with Crippen molar-refractivity contribution >= 4 is 56.2 Å². The average Bonchev–Trinajstić information content (AvgIpc) is 2.88. The molecular weight excluding hydrogens is 521 g/mol. The Bertz CT molecular complexity index is 1550. The first-order valence-corrected chi connectivity index (χ1v) is 12.8. The third-order valence-corrected chi connectivity index (χ3v) is 7.95. The minimum Gasteiger partial charge on any atom is -0.478 e. The lowest BCUT2D eigenvalue weighted by molar-refractivity contribution is 0.0692. The molecular formula is C27H19Cl2NO5S. The van der Waals surface area contributed by atoms with Crippen molar-refractivity contribution in [3.05, 3.63) is 118 Å². The van der Waals surface area contributed by atoms with Crippen LogP contribution < -0.4 is 4.90 Å². The van der Waals surface area contributed by atoms with Gasteiger partial charge in [-0.1, -0.05) is 23.2 Å². The van der Waals surface area contributed by atoms with E-state index in [9.17, 15) is 23.1 Å². The zero-order chi connectivity index (χ0) is 26.0. The number of hydrogen-bond acceptors (Lipinski definition) is 5. The number of carboxylic acids is 1. The van der Waals surface area contributed by atoms with Gasteiger partial charge in [0.2, 0.25) is 9.84 Å². The summed E-state index contributed by atoms with van der Waals surface area (Å²) >= 11 is 11.8.